The van der Waals surface area contributed by atoms with E-state index in [9.17, 15) is 0 Å². The van der Waals surface area contributed by atoms with Gasteiger partial charge in [0, 0.05) is 6.42 Å². The molecule has 0 aliphatic heterocycles. The number of benzene rings is 1. The molecule has 0 radical (unpaired) electrons. The predicted octanol–water partition coefficient (Wildman–Crippen LogP) is 2.95. The molecule has 4 nitrogen and oxygen atoms in total. The number of nitrogens with zero attached hydrogens (tertiary/aromatic N) is 2. The Morgan fingerprint density at radius 1 is 1.26 bits per heavy atom. The van der Waals surface area contributed by atoms with Gasteiger partial charge in [0.25, 0.3) is 0 Å². The fourth-order valence-corrected chi connectivity index (χ4v) is 2.08. The van der Waals surface area contributed by atoms with Gasteiger partial charge in [-0.1, -0.05) is 30.3 Å². The summed E-state index contributed by atoms with van der Waals surface area (Å²) in [4.78, 5) is 4.46. The molecule has 1 aromatic carbocycles. The third-order valence-electron chi connectivity index (χ3n) is 3.47. The van der Waals surface area contributed by atoms with Crippen LogP contribution in [0.5, 0.6) is 0 Å². The van der Waals surface area contributed by atoms with E-state index in [2.05, 4.69) is 54.4 Å². The van der Waals surface area contributed by atoms with Crippen LogP contribution in [0.3, 0.4) is 0 Å². The normalized spacial score (nSPS) is 12.6. The molecule has 4 heteroatoms. The molecule has 0 aliphatic rings. The van der Waals surface area contributed by atoms with E-state index in [4.69, 9.17) is 4.52 Å². The molecular formula is C15H21N3O. The summed E-state index contributed by atoms with van der Waals surface area (Å²) in [6.07, 6.45) is 1.65. The Balaban J connectivity index is 2.13. The van der Waals surface area contributed by atoms with Crippen LogP contribution < -0.4 is 5.32 Å². The zero-order valence-corrected chi connectivity index (χ0v) is 12.0. The number of rotatable bonds is 5. The van der Waals surface area contributed by atoms with Gasteiger partial charge in [0.15, 0.2) is 5.82 Å². The molecule has 2 aromatic rings. The Morgan fingerprint density at radius 2 is 2.05 bits per heavy atom. The molecule has 0 amide bonds. The van der Waals surface area contributed by atoms with Crippen LogP contribution >= 0.6 is 0 Å². The first kappa shape index (κ1) is 13.7. The van der Waals surface area contributed by atoms with Crippen molar-refractivity contribution in [2.45, 2.75) is 39.7 Å². The van der Waals surface area contributed by atoms with Gasteiger partial charge in [-0.05, 0) is 44.0 Å². The van der Waals surface area contributed by atoms with Crippen molar-refractivity contribution < 1.29 is 4.52 Å². The van der Waals surface area contributed by atoms with E-state index in [-0.39, 0.29) is 6.04 Å². The lowest BCUT2D eigenvalue weighted by Gasteiger charge is -2.06. The highest BCUT2D eigenvalue weighted by molar-refractivity contribution is 5.31. The summed E-state index contributed by atoms with van der Waals surface area (Å²) < 4.78 is 5.31. The molecule has 1 unspecified atom stereocenters. The highest BCUT2D eigenvalue weighted by Crippen LogP contribution is 2.16. The Morgan fingerprint density at radius 3 is 2.68 bits per heavy atom. The number of hydrogen-bond acceptors (Lipinski definition) is 4. The molecule has 0 saturated heterocycles. The van der Waals surface area contributed by atoms with Gasteiger partial charge in [-0.15, -0.1) is 0 Å². The van der Waals surface area contributed by atoms with Crippen LogP contribution in [-0.2, 0) is 6.42 Å². The molecule has 2 rings (SSSR count). The first-order valence-electron chi connectivity index (χ1n) is 6.70. The predicted molar refractivity (Wildman–Crippen MR) is 75.1 cm³/mol. The van der Waals surface area contributed by atoms with E-state index < -0.39 is 0 Å². The summed E-state index contributed by atoms with van der Waals surface area (Å²) >= 11 is 0. The van der Waals surface area contributed by atoms with E-state index in [0.717, 1.165) is 12.2 Å². The summed E-state index contributed by atoms with van der Waals surface area (Å²) in [6, 6.07) is 6.57. The van der Waals surface area contributed by atoms with Crippen LogP contribution in [0.1, 0.15) is 47.8 Å². The smallest absolute Gasteiger partial charge is 0.243 e. The lowest BCUT2D eigenvalue weighted by atomic mass is 10.0. The number of nitrogens with one attached hydrogen (secondary N) is 1. The van der Waals surface area contributed by atoms with E-state index in [1.807, 2.05) is 7.05 Å². The van der Waals surface area contributed by atoms with Gasteiger partial charge in [-0.25, -0.2) is 0 Å². The Bertz CT molecular complexity index is 544. The third kappa shape index (κ3) is 3.20. The molecule has 0 fully saturated rings. The van der Waals surface area contributed by atoms with Crippen molar-refractivity contribution in [1.29, 1.82) is 0 Å². The fourth-order valence-electron chi connectivity index (χ4n) is 2.08. The van der Waals surface area contributed by atoms with Crippen molar-refractivity contribution in [2.75, 3.05) is 7.05 Å². The first-order chi connectivity index (χ1) is 9.13. The average Bonchev–Trinajstić information content (AvgIpc) is 2.84. The summed E-state index contributed by atoms with van der Waals surface area (Å²) in [5.41, 5.74) is 3.81. The molecule has 19 heavy (non-hydrogen) atoms. The molecule has 0 saturated carbocycles. The molecule has 0 spiro atoms. The lowest BCUT2D eigenvalue weighted by Crippen LogP contribution is -2.15. The zero-order chi connectivity index (χ0) is 13.8. The van der Waals surface area contributed by atoms with E-state index in [0.29, 0.717) is 12.3 Å². The van der Waals surface area contributed by atoms with Gasteiger partial charge in [0.1, 0.15) is 0 Å². The first-order valence-corrected chi connectivity index (χ1v) is 6.70. The second kappa shape index (κ2) is 5.97. The molecule has 102 valence electrons. The van der Waals surface area contributed by atoms with Crippen LogP contribution in [0.4, 0.5) is 0 Å². The average molecular weight is 259 g/mol. The highest BCUT2D eigenvalue weighted by Gasteiger charge is 2.15. The molecule has 1 atom stereocenters. The highest BCUT2D eigenvalue weighted by atomic mass is 16.5. The Kier molecular flexibility index (Phi) is 4.32. The van der Waals surface area contributed by atoms with Crippen molar-refractivity contribution >= 4 is 0 Å². The Hall–Kier alpha value is -1.68. The van der Waals surface area contributed by atoms with Crippen molar-refractivity contribution in [3.05, 3.63) is 46.6 Å². The van der Waals surface area contributed by atoms with Gasteiger partial charge in [-0.3, -0.25) is 0 Å². The number of hydrogen-bond donors (Lipinski definition) is 1. The van der Waals surface area contributed by atoms with Gasteiger partial charge in [-0.2, -0.15) is 4.98 Å². The largest absolute Gasteiger partial charge is 0.338 e. The van der Waals surface area contributed by atoms with E-state index >= 15 is 0 Å². The minimum atomic E-state index is 0.140. The van der Waals surface area contributed by atoms with E-state index in [1.54, 1.807) is 0 Å². The van der Waals surface area contributed by atoms with Crippen molar-refractivity contribution in [3.8, 4) is 0 Å². The summed E-state index contributed by atoms with van der Waals surface area (Å²) in [7, 11) is 1.90. The van der Waals surface area contributed by atoms with Gasteiger partial charge in [0.2, 0.25) is 5.89 Å². The lowest BCUT2D eigenvalue weighted by molar-refractivity contribution is 0.331. The third-order valence-corrected chi connectivity index (χ3v) is 3.47. The summed E-state index contributed by atoms with van der Waals surface area (Å²) in [5.74, 6) is 1.41. The standard InChI is InChI=1S/C15H21N3O/c1-5-13(16-4)15-17-14(18-19-15)9-12-7-6-10(2)11(3)8-12/h6-8,13,16H,5,9H2,1-4H3. The monoisotopic (exact) mass is 259 g/mol. The molecule has 0 bridgehead atoms. The quantitative estimate of drug-likeness (QED) is 0.897. The summed E-state index contributed by atoms with van der Waals surface area (Å²) in [6.45, 7) is 6.33. The van der Waals surface area contributed by atoms with Gasteiger partial charge >= 0.3 is 0 Å². The van der Waals surface area contributed by atoms with Crippen LogP contribution in [0, 0.1) is 13.8 Å². The van der Waals surface area contributed by atoms with Crippen LogP contribution in [0.2, 0.25) is 0 Å². The molecular weight excluding hydrogens is 238 g/mol. The van der Waals surface area contributed by atoms with Crippen molar-refractivity contribution in [2.24, 2.45) is 0 Å². The topological polar surface area (TPSA) is 51.0 Å². The SMILES string of the molecule is CCC(NC)c1nc(Cc2ccc(C)c(C)c2)no1. The Labute approximate surface area is 114 Å². The maximum absolute atomic E-state index is 5.31. The molecule has 1 heterocycles. The van der Waals surface area contributed by atoms with E-state index in [1.165, 1.54) is 16.7 Å². The minimum Gasteiger partial charge on any atom is -0.338 e. The summed E-state index contributed by atoms with van der Waals surface area (Å²) in [5, 5.41) is 7.22. The number of aromatic nitrogens is 2. The second-order valence-corrected chi connectivity index (χ2v) is 4.89. The zero-order valence-electron chi connectivity index (χ0n) is 12.0. The van der Waals surface area contributed by atoms with Crippen LogP contribution in [0.15, 0.2) is 22.7 Å². The maximum Gasteiger partial charge on any atom is 0.243 e. The second-order valence-electron chi connectivity index (χ2n) is 4.89. The molecule has 1 N–H and O–H groups in total. The molecule has 0 aliphatic carbocycles. The minimum absolute atomic E-state index is 0.140. The van der Waals surface area contributed by atoms with Gasteiger partial charge < -0.3 is 9.84 Å². The fraction of sp³-hybridized carbons (Fsp3) is 0.467. The number of aryl methyl sites for hydroxylation is 2. The maximum atomic E-state index is 5.31. The van der Waals surface area contributed by atoms with Crippen LogP contribution in [-0.4, -0.2) is 17.2 Å². The van der Waals surface area contributed by atoms with Crippen molar-refractivity contribution in [3.63, 3.8) is 0 Å². The van der Waals surface area contributed by atoms with Crippen LogP contribution in [0.25, 0.3) is 0 Å². The molecule has 1 aromatic heterocycles. The van der Waals surface area contributed by atoms with Crippen molar-refractivity contribution in [1.82, 2.24) is 15.5 Å². The van der Waals surface area contributed by atoms with Gasteiger partial charge in [0.05, 0.1) is 6.04 Å².